The molecule has 8 nitrogen and oxygen atoms in total. The van der Waals surface area contributed by atoms with Crippen LogP contribution in [0, 0.1) is 0 Å². The van der Waals surface area contributed by atoms with Gasteiger partial charge in [0.05, 0.1) is 20.4 Å². The zero-order chi connectivity index (χ0) is 24.2. The highest BCUT2D eigenvalue weighted by molar-refractivity contribution is 5.89. The molecule has 0 radical (unpaired) electrons. The van der Waals surface area contributed by atoms with Gasteiger partial charge < -0.3 is 18.9 Å². The summed E-state index contributed by atoms with van der Waals surface area (Å²) in [6.45, 7) is -0.230. The summed E-state index contributed by atoms with van der Waals surface area (Å²) in [5.41, 5.74) is 3.89. The summed E-state index contributed by atoms with van der Waals surface area (Å²) in [5.74, 6) is 0.614. The largest absolute Gasteiger partial charge is 0.493 e. The standard InChI is InChI=1S/C26H24N2O6/c1-31-21-10-6-7-11-22(21)33-18-25(29)28-27-17-20-12-14-23(24(16-20)32-2)34-26(30)15-13-19-8-4-3-5-9-19/h3-17H,18H2,1-2H3,(H,28,29)/b15-13+,27-17+. The molecular formula is C26H24N2O6. The van der Waals surface area contributed by atoms with Gasteiger partial charge in [-0.15, -0.1) is 0 Å². The maximum atomic E-state index is 12.1. The minimum atomic E-state index is -0.536. The molecule has 0 aromatic heterocycles. The third-order valence-electron chi connectivity index (χ3n) is 4.44. The van der Waals surface area contributed by atoms with Crippen molar-refractivity contribution in [3.8, 4) is 23.0 Å². The fourth-order valence-electron chi connectivity index (χ4n) is 2.81. The maximum Gasteiger partial charge on any atom is 0.336 e. The van der Waals surface area contributed by atoms with E-state index in [0.29, 0.717) is 22.8 Å². The normalized spacial score (nSPS) is 10.8. The molecule has 0 spiro atoms. The number of ether oxygens (including phenoxy) is 4. The first kappa shape index (κ1) is 24.1. The molecule has 0 heterocycles. The Balaban J connectivity index is 1.53. The molecule has 1 amide bonds. The van der Waals surface area contributed by atoms with E-state index in [1.54, 1.807) is 48.5 Å². The van der Waals surface area contributed by atoms with Crippen LogP contribution < -0.4 is 24.4 Å². The van der Waals surface area contributed by atoms with E-state index in [1.165, 1.54) is 26.5 Å². The summed E-state index contributed by atoms with van der Waals surface area (Å²) in [7, 11) is 2.98. The van der Waals surface area contributed by atoms with Gasteiger partial charge in [0, 0.05) is 6.08 Å². The number of para-hydroxylation sites is 2. The van der Waals surface area contributed by atoms with E-state index >= 15 is 0 Å². The number of nitrogens with zero attached hydrogens (tertiary/aromatic N) is 1. The predicted octanol–water partition coefficient (Wildman–Crippen LogP) is 3.85. The van der Waals surface area contributed by atoms with E-state index in [9.17, 15) is 9.59 Å². The number of esters is 1. The molecule has 0 fully saturated rings. The first-order chi connectivity index (χ1) is 16.6. The Morgan fingerprint density at radius 1 is 0.824 bits per heavy atom. The van der Waals surface area contributed by atoms with E-state index < -0.39 is 11.9 Å². The minimum Gasteiger partial charge on any atom is -0.493 e. The van der Waals surface area contributed by atoms with Crippen LogP contribution in [0.25, 0.3) is 6.08 Å². The highest BCUT2D eigenvalue weighted by Crippen LogP contribution is 2.28. The molecular weight excluding hydrogens is 436 g/mol. The Bertz CT molecular complexity index is 1170. The van der Waals surface area contributed by atoms with Crippen LogP contribution in [0.5, 0.6) is 23.0 Å². The molecule has 174 valence electrons. The number of carbonyl (C=O) groups excluding carboxylic acids is 2. The molecule has 0 saturated heterocycles. The van der Waals surface area contributed by atoms with Gasteiger partial charge in [-0.05, 0) is 47.5 Å². The Morgan fingerprint density at radius 2 is 1.53 bits per heavy atom. The Hall–Kier alpha value is -4.59. The highest BCUT2D eigenvalue weighted by Gasteiger charge is 2.09. The van der Waals surface area contributed by atoms with E-state index in [1.807, 2.05) is 30.3 Å². The molecule has 0 unspecified atom stereocenters. The quantitative estimate of drug-likeness (QED) is 0.162. The predicted molar refractivity (Wildman–Crippen MR) is 128 cm³/mol. The van der Waals surface area contributed by atoms with E-state index in [4.69, 9.17) is 18.9 Å². The van der Waals surface area contributed by atoms with Crippen molar-refractivity contribution in [1.29, 1.82) is 0 Å². The van der Waals surface area contributed by atoms with Crippen molar-refractivity contribution in [2.24, 2.45) is 5.10 Å². The molecule has 0 bridgehead atoms. The summed E-state index contributed by atoms with van der Waals surface area (Å²) < 4.78 is 21.3. The van der Waals surface area contributed by atoms with Crippen LogP contribution in [-0.2, 0) is 9.59 Å². The average Bonchev–Trinajstić information content (AvgIpc) is 2.87. The van der Waals surface area contributed by atoms with Crippen LogP contribution in [0.4, 0.5) is 0 Å². The Labute approximate surface area is 197 Å². The fraction of sp³-hybridized carbons (Fsp3) is 0.115. The van der Waals surface area contributed by atoms with Crippen LogP contribution in [-0.4, -0.2) is 38.9 Å². The molecule has 34 heavy (non-hydrogen) atoms. The molecule has 0 saturated carbocycles. The van der Waals surface area contributed by atoms with Gasteiger partial charge in [0.25, 0.3) is 5.91 Å². The second kappa shape index (κ2) is 12.4. The first-order valence-electron chi connectivity index (χ1n) is 10.3. The van der Waals surface area contributed by atoms with Crippen molar-refractivity contribution in [3.63, 3.8) is 0 Å². The van der Waals surface area contributed by atoms with E-state index in [-0.39, 0.29) is 12.4 Å². The van der Waals surface area contributed by atoms with Gasteiger partial charge in [-0.2, -0.15) is 5.10 Å². The lowest BCUT2D eigenvalue weighted by Gasteiger charge is -2.09. The lowest BCUT2D eigenvalue weighted by Crippen LogP contribution is -2.24. The summed E-state index contributed by atoms with van der Waals surface area (Å²) in [5, 5.41) is 3.92. The molecule has 0 aliphatic heterocycles. The number of carbonyl (C=O) groups is 2. The first-order valence-corrected chi connectivity index (χ1v) is 10.3. The number of nitrogens with one attached hydrogen (secondary N) is 1. The molecule has 8 heteroatoms. The SMILES string of the molecule is COc1ccccc1OCC(=O)N/N=C/c1ccc(OC(=O)/C=C/c2ccccc2)c(OC)c1. The van der Waals surface area contributed by atoms with Crippen LogP contribution in [0.15, 0.2) is 84.0 Å². The van der Waals surface area contributed by atoms with Crippen LogP contribution >= 0.6 is 0 Å². The Morgan fingerprint density at radius 3 is 2.26 bits per heavy atom. The fourth-order valence-corrected chi connectivity index (χ4v) is 2.81. The number of amides is 1. The van der Waals surface area contributed by atoms with Crippen LogP contribution in [0.1, 0.15) is 11.1 Å². The lowest BCUT2D eigenvalue weighted by atomic mass is 10.2. The average molecular weight is 460 g/mol. The number of hydrogen-bond acceptors (Lipinski definition) is 7. The smallest absolute Gasteiger partial charge is 0.336 e. The number of hydrazone groups is 1. The van der Waals surface area contributed by atoms with Crippen molar-refractivity contribution < 1.29 is 28.5 Å². The van der Waals surface area contributed by atoms with Gasteiger partial charge in [0.1, 0.15) is 0 Å². The molecule has 3 aromatic rings. The van der Waals surface area contributed by atoms with Crippen molar-refractivity contribution in [3.05, 3.63) is 90.0 Å². The van der Waals surface area contributed by atoms with Crippen molar-refractivity contribution in [1.82, 2.24) is 5.43 Å². The summed E-state index contributed by atoms with van der Waals surface area (Å²) in [6, 6.07) is 21.3. The van der Waals surface area contributed by atoms with Gasteiger partial charge >= 0.3 is 5.97 Å². The monoisotopic (exact) mass is 460 g/mol. The van der Waals surface area contributed by atoms with Gasteiger partial charge in [-0.25, -0.2) is 10.2 Å². The van der Waals surface area contributed by atoms with Crippen LogP contribution in [0.3, 0.4) is 0 Å². The van der Waals surface area contributed by atoms with E-state index in [0.717, 1.165) is 5.56 Å². The number of rotatable bonds is 10. The van der Waals surface area contributed by atoms with Gasteiger partial charge in [-0.1, -0.05) is 42.5 Å². The van der Waals surface area contributed by atoms with Gasteiger partial charge in [-0.3, -0.25) is 4.79 Å². The van der Waals surface area contributed by atoms with Crippen molar-refractivity contribution in [2.75, 3.05) is 20.8 Å². The number of benzene rings is 3. The summed E-state index contributed by atoms with van der Waals surface area (Å²) in [6.07, 6.45) is 4.44. The van der Waals surface area contributed by atoms with Gasteiger partial charge in [0.15, 0.2) is 29.6 Å². The highest BCUT2D eigenvalue weighted by atomic mass is 16.6. The molecule has 3 aromatic carbocycles. The van der Waals surface area contributed by atoms with Crippen LogP contribution in [0.2, 0.25) is 0 Å². The molecule has 3 rings (SSSR count). The topological polar surface area (TPSA) is 95.5 Å². The Kier molecular flexibility index (Phi) is 8.81. The third kappa shape index (κ3) is 7.23. The summed E-state index contributed by atoms with van der Waals surface area (Å²) >= 11 is 0. The lowest BCUT2D eigenvalue weighted by molar-refractivity contribution is -0.129. The molecule has 0 aliphatic rings. The molecule has 0 aliphatic carbocycles. The summed E-state index contributed by atoms with van der Waals surface area (Å²) in [4.78, 5) is 24.1. The third-order valence-corrected chi connectivity index (χ3v) is 4.44. The zero-order valence-electron chi connectivity index (χ0n) is 18.8. The maximum absolute atomic E-state index is 12.1. The second-order valence-corrected chi connectivity index (χ2v) is 6.81. The van der Waals surface area contributed by atoms with Crippen molar-refractivity contribution in [2.45, 2.75) is 0 Å². The zero-order valence-corrected chi connectivity index (χ0v) is 18.8. The number of hydrogen-bond donors (Lipinski definition) is 1. The molecule has 1 N–H and O–H groups in total. The van der Waals surface area contributed by atoms with Gasteiger partial charge in [0.2, 0.25) is 0 Å². The van der Waals surface area contributed by atoms with E-state index in [2.05, 4.69) is 10.5 Å². The second-order valence-electron chi connectivity index (χ2n) is 6.81. The minimum absolute atomic E-state index is 0.230. The molecule has 0 atom stereocenters. The van der Waals surface area contributed by atoms with Crippen molar-refractivity contribution >= 4 is 24.2 Å². The number of methoxy groups -OCH3 is 2.